The van der Waals surface area contributed by atoms with Crippen LogP contribution in [0, 0.1) is 11.3 Å². The lowest BCUT2D eigenvalue weighted by Gasteiger charge is -2.39. The van der Waals surface area contributed by atoms with Crippen molar-refractivity contribution in [1.82, 2.24) is 9.80 Å². The Morgan fingerprint density at radius 2 is 1.50 bits per heavy atom. The van der Waals surface area contributed by atoms with Crippen LogP contribution in [0.2, 0.25) is 0 Å². The molecule has 5 heteroatoms. The molecule has 1 atom stereocenters. The zero-order chi connectivity index (χ0) is 15.5. The number of aliphatic hydroxyl groups excluding tert-OH is 1. The lowest BCUT2D eigenvalue weighted by molar-refractivity contribution is -0.149. The van der Waals surface area contributed by atoms with Gasteiger partial charge in [-0.25, -0.2) is 0 Å². The number of carbonyl (C=O) groups is 2. The fraction of sp³-hybridized carbons (Fsp3) is 0.867. The van der Waals surface area contributed by atoms with Crippen LogP contribution in [-0.2, 0) is 9.59 Å². The molecule has 1 N–H and O–H groups in total. The van der Waals surface area contributed by atoms with Crippen molar-refractivity contribution < 1.29 is 14.7 Å². The maximum atomic E-state index is 12.5. The summed E-state index contributed by atoms with van der Waals surface area (Å²) in [6.07, 6.45) is -0.104. The highest BCUT2D eigenvalue weighted by Gasteiger charge is 2.35. The minimum absolute atomic E-state index is 0.162. The van der Waals surface area contributed by atoms with E-state index >= 15 is 0 Å². The van der Waals surface area contributed by atoms with Crippen LogP contribution in [0.1, 0.15) is 41.0 Å². The number of carbonyl (C=O) groups excluding carboxylic acids is 2. The van der Waals surface area contributed by atoms with E-state index in [1.807, 2.05) is 18.7 Å². The molecule has 0 saturated carbocycles. The summed E-state index contributed by atoms with van der Waals surface area (Å²) in [7, 11) is 0. The van der Waals surface area contributed by atoms with Crippen LogP contribution in [-0.4, -0.2) is 59.0 Å². The second-order valence-electron chi connectivity index (χ2n) is 6.78. The van der Waals surface area contributed by atoms with E-state index in [-0.39, 0.29) is 17.2 Å². The Labute approximate surface area is 121 Å². The molecule has 5 nitrogen and oxygen atoms in total. The van der Waals surface area contributed by atoms with Crippen LogP contribution >= 0.6 is 0 Å². The number of rotatable bonds is 4. The Hall–Kier alpha value is -1.10. The molecular weight excluding hydrogens is 256 g/mol. The topological polar surface area (TPSA) is 60.9 Å². The maximum Gasteiger partial charge on any atom is 0.251 e. The third-order valence-electron chi connectivity index (χ3n) is 3.73. The number of amides is 2. The van der Waals surface area contributed by atoms with E-state index in [2.05, 4.69) is 13.8 Å². The molecule has 0 aromatic heterocycles. The number of piperazine rings is 1. The first-order valence-electron chi connectivity index (χ1n) is 7.41. The standard InChI is InChI=1S/C15H28N2O3/c1-11(2)10-15(4,5)14(20)17-8-6-16(7-9-17)13(19)12(3)18/h11-12,18H,6-10H2,1-5H3. The fourth-order valence-electron chi connectivity index (χ4n) is 2.93. The van der Waals surface area contributed by atoms with Crippen molar-refractivity contribution in [2.45, 2.75) is 47.1 Å². The quantitative estimate of drug-likeness (QED) is 0.841. The van der Waals surface area contributed by atoms with Crippen molar-refractivity contribution in [3.05, 3.63) is 0 Å². The monoisotopic (exact) mass is 284 g/mol. The van der Waals surface area contributed by atoms with Crippen molar-refractivity contribution in [1.29, 1.82) is 0 Å². The van der Waals surface area contributed by atoms with E-state index in [1.165, 1.54) is 6.92 Å². The van der Waals surface area contributed by atoms with Gasteiger partial charge in [-0.05, 0) is 19.3 Å². The van der Waals surface area contributed by atoms with E-state index in [1.54, 1.807) is 4.90 Å². The molecule has 2 amide bonds. The van der Waals surface area contributed by atoms with Gasteiger partial charge in [0.05, 0.1) is 0 Å². The number of nitrogens with zero attached hydrogens (tertiary/aromatic N) is 2. The van der Waals surface area contributed by atoms with Crippen molar-refractivity contribution in [3.63, 3.8) is 0 Å². The van der Waals surface area contributed by atoms with E-state index in [0.717, 1.165) is 6.42 Å². The maximum absolute atomic E-state index is 12.5. The van der Waals surface area contributed by atoms with E-state index in [0.29, 0.717) is 32.1 Å². The summed E-state index contributed by atoms with van der Waals surface area (Å²) < 4.78 is 0. The predicted octanol–water partition coefficient (Wildman–Crippen LogP) is 1.11. The number of hydrogen-bond donors (Lipinski definition) is 1. The Morgan fingerprint density at radius 1 is 1.05 bits per heavy atom. The highest BCUT2D eigenvalue weighted by molar-refractivity contribution is 5.83. The Kier molecular flexibility index (Phi) is 5.57. The van der Waals surface area contributed by atoms with E-state index in [4.69, 9.17) is 0 Å². The van der Waals surface area contributed by atoms with Crippen LogP contribution in [0.15, 0.2) is 0 Å². The van der Waals surface area contributed by atoms with E-state index < -0.39 is 6.10 Å². The van der Waals surface area contributed by atoms with Gasteiger partial charge in [0, 0.05) is 31.6 Å². The van der Waals surface area contributed by atoms with Gasteiger partial charge in [-0.15, -0.1) is 0 Å². The molecule has 0 spiro atoms. The molecule has 1 rings (SSSR count). The third kappa shape index (κ3) is 4.20. The van der Waals surface area contributed by atoms with Gasteiger partial charge in [0.25, 0.3) is 5.91 Å². The van der Waals surface area contributed by atoms with Crippen molar-refractivity contribution in [2.75, 3.05) is 26.2 Å². The van der Waals surface area contributed by atoms with Crippen molar-refractivity contribution in [2.24, 2.45) is 11.3 Å². The number of aliphatic hydroxyl groups is 1. The summed E-state index contributed by atoms with van der Waals surface area (Å²) in [5, 5.41) is 9.30. The summed E-state index contributed by atoms with van der Waals surface area (Å²) in [4.78, 5) is 27.7. The van der Waals surface area contributed by atoms with Crippen molar-refractivity contribution >= 4 is 11.8 Å². The lowest BCUT2D eigenvalue weighted by Crippen LogP contribution is -2.55. The molecule has 1 saturated heterocycles. The number of hydrogen-bond acceptors (Lipinski definition) is 3. The minimum Gasteiger partial charge on any atom is -0.384 e. The lowest BCUT2D eigenvalue weighted by atomic mass is 9.82. The van der Waals surface area contributed by atoms with Gasteiger partial charge in [0.15, 0.2) is 0 Å². The average Bonchev–Trinajstić information content (AvgIpc) is 2.35. The van der Waals surface area contributed by atoms with Gasteiger partial charge in [-0.2, -0.15) is 0 Å². The van der Waals surface area contributed by atoms with Crippen LogP contribution in [0.4, 0.5) is 0 Å². The largest absolute Gasteiger partial charge is 0.384 e. The van der Waals surface area contributed by atoms with Crippen LogP contribution in [0.3, 0.4) is 0 Å². The van der Waals surface area contributed by atoms with Gasteiger partial charge in [-0.3, -0.25) is 9.59 Å². The highest BCUT2D eigenvalue weighted by atomic mass is 16.3. The third-order valence-corrected chi connectivity index (χ3v) is 3.73. The van der Waals surface area contributed by atoms with Crippen LogP contribution in [0.25, 0.3) is 0 Å². The smallest absolute Gasteiger partial charge is 0.251 e. The average molecular weight is 284 g/mol. The molecular formula is C15H28N2O3. The zero-order valence-electron chi connectivity index (χ0n) is 13.3. The summed E-state index contributed by atoms with van der Waals surface area (Å²) in [5.74, 6) is 0.390. The van der Waals surface area contributed by atoms with Gasteiger partial charge in [-0.1, -0.05) is 27.7 Å². The van der Waals surface area contributed by atoms with Gasteiger partial charge in [0.1, 0.15) is 6.10 Å². The summed E-state index contributed by atoms with van der Waals surface area (Å²) in [6, 6.07) is 0. The van der Waals surface area contributed by atoms with Gasteiger partial charge in [0.2, 0.25) is 5.91 Å². The Bertz CT molecular complexity index is 356. The molecule has 0 aliphatic carbocycles. The molecule has 1 unspecified atom stereocenters. The zero-order valence-corrected chi connectivity index (χ0v) is 13.3. The highest BCUT2D eigenvalue weighted by Crippen LogP contribution is 2.28. The molecule has 20 heavy (non-hydrogen) atoms. The summed E-state index contributed by atoms with van der Waals surface area (Å²) in [5.41, 5.74) is -0.357. The molecule has 0 aromatic rings. The Morgan fingerprint density at radius 3 is 1.90 bits per heavy atom. The molecule has 0 aromatic carbocycles. The first-order valence-corrected chi connectivity index (χ1v) is 7.41. The molecule has 0 radical (unpaired) electrons. The first kappa shape index (κ1) is 17.0. The SMILES string of the molecule is CC(C)CC(C)(C)C(=O)N1CCN(C(=O)C(C)O)CC1. The minimum atomic E-state index is -0.963. The Balaban J connectivity index is 2.57. The van der Waals surface area contributed by atoms with Crippen LogP contribution in [0.5, 0.6) is 0 Å². The molecule has 1 fully saturated rings. The second kappa shape index (κ2) is 6.57. The predicted molar refractivity (Wildman–Crippen MR) is 78.1 cm³/mol. The summed E-state index contributed by atoms with van der Waals surface area (Å²) >= 11 is 0. The second-order valence-corrected chi connectivity index (χ2v) is 6.78. The first-order chi connectivity index (χ1) is 9.15. The molecule has 0 bridgehead atoms. The molecule has 1 aliphatic rings. The molecule has 1 aliphatic heterocycles. The van der Waals surface area contributed by atoms with Crippen LogP contribution < -0.4 is 0 Å². The van der Waals surface area contributed by atoms with Gasteiger partial charge >= 0.3 is 0 Å². The van der Waals surface area contributed by atoms with Gasteiger partial charge < -0.3 is 14.9 Å². The fourth-order valence-corrected chi connectivity index (χ4v) is 2.93. The summed E-state index contributed by atoms with van der Waals surface area (Å²) in [6.45, 7) is 11.8. The molecule has 1 heterocycles. The van der Waals surface area contributed by atoms with Crippen molar-refractivity contribution in [3.8, 4) is 0 Å². The van der Waals surface area contributed by atoms with E-state index in [9.17, 15) is 14.7 Å². The normalized spacial score (nSPS) is 18.4. The molecule has 116 valence electrons.